The Hall–Kier alpha value is -3.36. The van der Waals surface area contributed by atoms with Crippen molar-refractivity contribution < 1.29 is 17.9 Å². The first kappa shape index (κ1) is 23.8. The van der Waals surface area contributed by atoms with Gasteiger partial charge >= 0.3 is 0 Å². The lowest BCUT2D eigenvalue weighted by molar-refractivity contribution is 0.0951. The Morgan fingerprint density at radius 3 is 2.24 bits per heavy atom. The maximum Gasteiger partial charge on any atom is 0.253 e. The van der Waals surface area contributed by atoms with Crippen molar-refractivity contribution in [3.63, 3.8) is 0 Å². The van der Waals surface area contributed by atoms with E-state index in [9.17, 15) is 13.2 Å². The summed E-state index contributed by atoms with van der Waals surface area (Å²) in [5.41, 5.74) is 3.60. The summed E-state index contributed by atoms with van der Waals surface area (Å²) in [6.07, 6.45) is 1.15. The third kappa shape index (κ3) is 5.95. The van der Waals surface area contributed by atoms with Crippen LogP contribution in [0.25, 0.3) is 0 Å². The maximum atomic E-state index is 13.1. The van der Waals surface area contributed by atoms with Crippen molar-refractivity contribution >= 4 is 27.3 Å². The van der Waals surface area contributed by atoms with E-state index < -0.39 is 10.0 Å². The Morgan fingerprint density at radius 1 is 0.912 bits per heavy atom. The van der Waals surface area contributed by atoms with Gasteiger partial charge in [0.2, 0.25) is 10.0 Å². The van der Waals surface area contributed by atoms with Crippen LogP contribution in [-0.2, 0) is 27.8 Å². The molecule has 34 heavy (non-hydrogen) atoms. The van der Waals surface area contributed by atoms with Crippen molar-refractivity contribution in [2.75, 3.05) is 41.8 Å². The number of carbonyl (C=O) groups excluding carboxylic acids is 1. The van der Waals surface area contributed by atoms with E-state index in [1.54, 1.807) is 24.3 Å². The number of morpholine rings is 1. The van der Waals surface area contributed by atoms with Crippen molar-refractivity contribution in [1.82, 2.24) is 5.32 Å². The number of anilines is 2. The minimum atomic E-state index is -3.62. The van der Waals surface area contributed by atoms with Crippen LogP contribution >= 0.6 is 0 Å². The lowest BCUT2D eigenvalue weighted by Crippen LogP contribution is -2.36. The summed E-state index contributed by atoms with van der Waals surface area (Å²) in [5.74, 6) is -0.324. The van der Waals surface area contributed by atoms with Crippen molar-refractivity contribution in [3.8, 4) is 0 Å². The fraction of sp³-hybridized carbons (Fsp3) is 0.269. The number of hydrogen-bond donors (Lipinski definition) is 1. The van der Waals surface area contributed by atoms with Crippen molar-refractivity contribution in [1.29, 1.82) is 0 Å². The third-order valence-electron chi connectivity index (χ3n) is 5.75. The molecule has 1 aliphatic rings. The second-order valence-corrected chi connectivity index (χ2v) is 10.1. The van der Waals surface area contributed by atoms with Gasteiger partial charge in [-0.25, -0.2) is 8.42 Å². The summed E-state index contributed by atoms with van der Waals surface area (Å²) < 4.78 is 31.9. The SMILES string of the molecule is CS(=O)(=O)N(Cc1ccccc1)c1ccccc1C(=O)NCc1ccc(N2CCOCC2)cc1. The van der Waals surface area contributed by atoms with E-state index in [4.69, 9.17) is 4.74 Å². The lowest BCUT2D eigenvalue weighted by Gasteiger charge is -2.29. The highest BCUT2D eigenvalue weighted by molar-refractivity contribution is 7.92. The molecule has 0 atom stereocenters. The molecule has 0 saturated carbocycles. The summed E-state index contributed by atoms with van der Waals surface area (Å²) >= 11 is 0. The predicted octanol–water partition coefficient (Wildman–Crippen LogP) is 3.42. The van der Waals surface area contributed by atoms with Crippen LogP contribution in [0.5, 0.6) is 0 Å². The number of ether oxygens (including phenoxy) is 1. The Kier molecular flexibility index (Phi) is 7.49. The van der Waals surface area contributed by atoms with Crippen LogP contribution in [-0.4, -0.2) is 46.9 Å². The fourth-order valence-corrected chi connectivity index (χ4v) is 4.84. The first-order chi connectivity index (χ1) is 16.4. The molecule has 7 nitrogen and oxygen atoms in total. The van der Waals surface area contributed by atoms with Crippen molar-refractivity contribution in [2.45, 2.75) is 13.1 Å². The van der Waals surface area contributed by atoms with Crippen LogP contribution in [0.1, 0.15) is 21.5 Å². The van der Waals surface area contributed by atoms with E-state index in [-0.39, 0.29) is 12.5 Å². The molecule has 0 radical (unpaired) electrons. The summed E-state index contributed by atoms with van der Waals surface area (Å²) in [4.78, 5) is 15.4. The average molecular weight is 480 g/mol. The number of carbonyl (C=O) groups is 1. The first-order valence-electron chi connectivity index (χ1n) is 11.2. The summed E-state index contributed by atoms with van der Waals surface area (Å²) in [5, 5.41) is 2.93. The molecule has 8 heteroatoms. The van der Waals surface area contributed by atoms with E-state index in [0.29, 0.717) is 17.8 Å². The molecular formula is C26H29N3O4S. The van der Waals surface area contributed by atoms with E-state index in [1.807, 2.05) is 54.6 Å². The molecule has 1 N–H and O–H groups in total. The van der Waals surface area contributed by atoms with Gasteiger partial charge in [-0.1, -0.05) is 54.6 Å². The largest absolute Gasteiger partial charge is 0.378 e. The Balaban J connectivity index is 1.48. The van der Waals surface area contributed by atoms with Crippen LogP contribution in [0.4, 0.5) is 11.4 Å². The molecule has 178 valence electrons. The molecule has 4 rings (SSSR count). The quantitative estimate of drug-likeness (QED) is 0.536. The van der Waals surface area contributed by atoms with E-state index in [0.717, 1.165) is 49.4 Å². The van der Waals surface area contributed by atoms with Gasteiger partial charge in [0.15, 0.2) is 0 Å². The van der Waals surface area contributed by atoms with E-state index >= 15 is 0 Å². The van der Waals surface area contributed by atoms with Gasteiger partial charge in [-0.3, -0.25) is 9.10 Å². The topological polar surface area (TPSA) is 79.0 Å². The highest BCUT2D eigenvalue weighted by atomic mass is 32.2. The smallest absolute Gasteiger partial charge is 0.253 e. The van der Waals surface area contributed by atoms with Gasteiger partial charge in [0.25, 0.3) is 5.91 Å². The molecule has 3 aromatic rings. The minimum absolute atomic E-state index is 0.146. The zero-order valence-electron chi connectivity index (χ0n) is 19.2. The summed E-state index contributed by atoms with van der Waals surface area (Å²) in [6.45, 7) is 3.68. The van der Waals surface area contributed by atoms with Crippen LogP contribution < -0.4 is 14.5 Å². The number of benzene rings is 3. The molecule has 1 saturated heterocycles. The second kappa shape index (κ2) is 10.7. The Labute approximate surface area is 201 Å². The van der Waals surface area contributed by atoms with Gasteiger partial charge in [-0.2, -0.15) is 0 Å². The molecule has 0 bridgehead atoms. The normalized spacial score (nSPS) is 14.0. The van der Waals surface area contributed by atoms with Gasteiger partial charge in [0.1, 0.15) is 0 Å². The molecule has 1 heterocycles. The highest BCUT2D eigenvalue weighted by Crippen LogP contribution is 2.25. The average Bonchev–Trinajstić information content (AvgIpc) is 2.87. The minimum Gasteiger partial charge on any atom is -0.378 e. The van der Waals surface area contributed by atoms with Crippen LogP contribution in [0, 0.1) is 0 Å². The van der Waals surface area contributed by atoms with Gasteiger partial charge < -0.3 is 15.0 Å². The van der Waals surface area contributed by atoms with Gasteiger partial charge in [0, 0.05) is 25.3 Å². The van der Waals surface area contributed by atoms with Crippen molar-refractivity contribution in [2.24, 2.45) is 0 Å². The standard InChI is InChI=1S/C26H29N3O4S/c1-34(31,32)29(20-22-7-3-2-4-8-22)25-10-6-5-9-24(25)26(30)27-19-21-11-13-23(14-12-21)28-15-17-33-18-16-28/h2-14H,15-20H2,1H3,(H,27,30). The molecule has 0 aliphatic carbocycles. The Morgan fingerprint density at radius 2 is 1.56 bits per heavy atom. The maximum absolute atomic E-state index is 13.1. The van der Waals surface area contributed by atoms with Crippen molar-refractivity contribution in [3.05, 3.63) is 95.6 Å². The molecule has 0 aromatic heterocycles. The molecule has 0 unspecified atom stereocenters. The Bertz CT molecular complexity index is 1210. The molecule has 0 spiro atoms. The zero-order chi connectivity index (χ0) is 24.0. The third-order valence-corrected chi connectivity index (χ3v) is 6.88. The first-order valence-corrected chi connectivity index (χ1v) is 13.1. The molecular weight excluding hydrogens is 450 g/mol. The number of nitrogens with one attached hydrogen (secondary N) is 1. The van der Waals surface area contributed by atoms with Crippen LogP contribution in [0.15, 0.2) is 78.9 Å². The zero-order valence-corrected chi connectivity index (χ0v) is 20.0. The molecule has 1 fully saturated rings. The number of rotatable bonds is 8. The number of para-hydroxylation sites is 1. The lowest BCUT2D eigenvalue weighted by atomic mass is 10.1. The van der Waals surface area contributed by atoms with Crippen LogP contribution in [0.2, 0.25) is 0 Å². The number of sulfonamides is 1. The second-order valence-electron chi connectivity index (χ2n) is 8.22. The van der Waals surface area contributed by atoms with Gasteiger partial charge in [0.05, 0.1) is 37.3 Å². The number of nitrogens with zero attached hydrogens (tertiary/aromatic N) is 2. The molecule has 3 aromatic carbocycles. The highest BCUT2D eigenvalue weighted by Gasteiger charge is 2.23. The summed E-state index contributed by atoms with van der Waals surface area (Å²) in [6, 6.07) is 24.2. The monoisotopic (exact) mass is 479 g/mol. The fourth-order valence-electron chi connectivity index (χ4n) is 3.94. The number of hydrogen-bond acceptors (Lipinski definition) is 5. The molecule has 1 amide bonds. The van der Waals surface area contributed by atoms with Gasteiger partial charge in [-0.05, 0) is 35.4 Å². The van der Waals surface area contributed by atoms with E-state index in [1.165, 1.54) is 4.31 Å². The van der Waals surface area contributed by atoms with Crippen LogP contribution in [0.3, 0.4) is 0 Å². The van der Waals surface area contributed by atoms with E-state index in [2.05, 4.69) is 10.2 Å². The predicted molar refractivity (Wildman–Crippen MR) is 135 cm³/mol. The van der Waals surface area contributed by atoms with Gasteiger partial charge in [-0.15, -0.1) is 0 Å². The molecule has 1 aliphatic heterocycles. The summed E-state index contributed by atoms with van der Waals surface area (Å²) in [7, 11) is -3.62. The number of amides is 1.